The van der Waals surface area contributed by atoms with Gasteiger partial charge in [0, 0.05) is 22.6 Å². The standard InChI is InChI=1S/C13H16N2O2S2/c1-9-6-7-10(18-9)8-15-11-4-3-5-12(13(11)14)19(2,16)17/h3-7,15H,8,14H2,1-2H3. The minimum absolute atomic E-state index is 0.167. The highest BCUT2D eigenvalue weighted by atomic mass is 32.2. The summed E-state index contributed by atoms with van der Waals surface area (Å²) in [6.07, 6.45) is 1.16. The Kier molecular flexibility index (Phi) is 3.82. The van der Waals surface area contributed by atoms with Gasteiger partial charge in [0.1, 0.15) is 0 Å². The van der Waals surface area contributed by atoms with Crippen molar-refractivity contribution in [3.8, 4) is 0 Å². The van der Waals surface area contributed by atoms with Crippen LogP contribution in [0.25, 0.3) is 0 Å². The van der Waals surface area contributed by atoms with E-state index in [1.54, 1.807) is 23.5 Å². The van der Waals surface area contributed by atoms with Crippen LogP contribution in [0.1, 0.15) is 9.75 Å². The van der Waals surface area contributed by atoms with Crippen LogP contribution in [-0.2, 0) is 16.4 Å². The molecule has 0 unspecified atom stereocenters. The summed E-state index contributed by atoms with van der Waals surface area (Å²) < 4.78 is 23.2. The summed E-state index contributed by atoms with van der Waals surface area (Å²) in [5.74, 6) is 0. The molecule has 6 heteroatoms. The number of nitrogen functional groups attached to an aromatic ring is 1. The van der Waals surface area contributed by atoms with Gasteiger partial charge in [-0.1, -0.05) is 6.07 Å². The average molecular weight is 296 g/mol. The number of para-hydroxylation sites is 1. The fraction of sp³-hybridized carbons (Fsp3) is 0.231. The maximum Gasteiger partial charge on any atom is 0.177 e. The molecular formula is C13H16N2O2S2. The number of benzene rings is 1. The van der Waals surface area contributed by atoms with Crippen molar-refractivity contribution in [1.29, 1.82) is 0 Å². The Morgan fingerprint density at radius 3 is 2.58 bits per heavy atom. The van der Waals surface area contributed by atoms with Crippen LogP contribution in [-0.4, -0.2) is 14.7 Å². The molecule has 1 heterocycles. The SMILES string of the molecule is Cc1ccc(CNc2cccc(S(C)(=O)=O)c2N)s1. The molecule has 4 nitrogen and oxygen atoms in total. The fourth-order valence-corrected chi connectivity index (χ4v) is 3.45. The van der Waals surface area contributed by atoms with Crippen LogP contribution >= 0.6 is 11.3 Å². The third-order valence-electron chi connectivity index (χ3n) is 2.71. The van der Waals surface area contributed by atoms with Crippen molar-refractivity contribution in [2.75, 3.05) is 17.3 Å². The molecule has 1 aromatic heterocycles. The second-order valence-corrected chi connectivity index (χ2v) is 7.71. The van der Waals surface area contributed by atoms with Crippen molar-refractivity contribution in [3.05, 3.63) is 40.1 Å². The van der Waals surface area contributed by atoms with Gasteiger partial charge >= 0.3 is 0 Å². The van der Waals surface area contributed by atoms with E-state index in [-0.39, 0.29) is 10.6 Å². The smallest absolute Gasteiger partial charge is 0.177 e. The van der Waals surface area contributed by atoms with Crippen molar-refractivity contribution < 1.29 is 8.42 Å². The Morgan fingerprint density at radius 1 is 1.26 bits per heavy atom. The fourth-order valence-electron chi connectivity index (χ4n) is 1.78. The number of sulfone groups is 1. The highest BCUT2D eigenvalue weighted by Crippen LogP contribution is 2.27. The van der Waals surface area contributed by atoms with E-state index < -0.39 is 9.84 Å². The zero-order valence-corrected chi connectivity index (χ0v) is 12.4. The molecule has 2 aromatic rings. The average Bonchev–Trinajstić information content (AvgIpc) is 2.72. The van der Waals surface area contributed by atoms with E-state index in [4.69, 9.17) is 5.73 Å². The molecule has 0 aliphatic heterocycles. The topological polar surface area (TPSA) is 72.2 Å². The second-order valence-electron chi connectivity index (χ2n) is 4.36. The van der Waals surface area contributed by atoms with Gasteiger partial charge in [-0.25, -0.2) is 8.42 Å². The molecule has 0 radical (unpaired) electrons. The first-order chi connectivity index (χ1) is 8.88. The lowest BCUT2D eigenvalue weighted by Crippen LogP contribution is -2.07. The number of thiophene rings is 1. The summed E-state index contributed by atoms with van der Waals surface area (Å²) in [5, 5.41) is 3.18. The molecule has 102 valence electrons. The predicted octanol–water partition coefficient (Wildman–Crippen LogP) is 2.65. The van der Waals surface area contributed by atoms with Gasteiger partial charge in [0.25, 0.3) is 0 Å². The molecule has 1 aromatic carbocycles. The van der Waals surface area contributed by atoms with Gasteiger partial charge < -0.3 is 11.1 Å². The Hall–Kier alpha value is -1.53. The molecule has 3 N–H and O–H groups in total. The van der Waals surface area contributed by atoms with E-state index in [0.29, 0.717) is 12.2 Å². The number of nitrogens with one attached hydrogen (secondary N) is 1. The lowest BCUT2D eigenvalue weighted by atomic mass is 10.2. The number of anilines is 2. The molecule has 0 spiro atoms. The predicted molar refractivity (Wildman–Crippen MR) is 80.3 cm³/mol. The zero-order chi connectivity index (χ0) is 14.0. The number of hydrogen-bond donors (Lipinski definition) is 2. The number of nitrogens with two attached hydrogens (primary N) is 1. The van der Waals surface area contributed by atoms with Crippen LogP contribution in [0.5, 0.6) is 0 Å². The Balaban J connectivity index is 2.22. The summed E-state index contributed by atoms with van der Waals surface area (Å²) in [4.78, 5) is 2.59. The first-order valence-electron chi connectivity index (χ1n) is 5.75. The molecule has 0 aliphatic rings. The maximum absolute atomic E-state index is 11.6. The monoisotopic (exact) mass is 296 g/mol. The molecular weight excluding hydrogens is 280 g/mol. The summed E-state index contributed by atoms with van der Waals surface area (Å²) in [5.41, 5.74) is 6.82. The summed E-state index contributed by atoms with van der Waals surface area (Å²) in [6, 6.07) is 9.09. The highest BCUT2D eigenvalue weighted by molar-refractivity contribution is 7.90. The quantitative estimate of drug-likeness (QED) is 0.851. The maximum atomic E-state index is 11.6. The third-order valence-corrected chi connectivity index (χ3v) is 4.87. The highest BCUT2D eigenvalue weighted by Gasteiger charge is 2.13. The number of aryl methyl sites for hydroxylation is 1. The van der Waals surface area contributed by atoms with Gasteiger partial charge in [-0.2, -0.15) is 0 Å². The third kappa shape index (κ3) is 3.27. The summed E-state index contributed by atoms with van der Waals surface area (Å²) >= 11 is 1.70. The molecule has 0 fully saturated rings. The van der Waals surface area contributed by atoms with Gasteiger partial charge in [-0.15, -0.1) is 11.3 Å². The van der Waals surface area contributed by atoms with Crippen LogP contribution in [0.2, 0.25) is 0 Å². The minimum atomic E-state index is -3.30. The molecule has 0 saturated carbocycles. The van der Waals surface area contributed by atoms with Crippen LogP contribution < -0.4 is 11.1 Å². The van der Waals surface area contributed by atoms with Crippen LogP contribution in [0.3, 0.4) is 0 Å². The van der Waals surface area contributed by atoms with Crippen LogP contribution in [0.4, 0.5) is 11.4 Å². The Labute approximate surface area is 117 Å². The van der Waals surface area contributed by atoms with E-state index in [9.17, 15) is 8.42 Å². The molecule has 0 saturated heterocycles. The van der Waals surface area contributed by atoms with Gasteiger partial charge in [0.05, 0.1) is 16.3 Å². The lowest BCUT2D eigenvalue weighted by molar-refractivity contribution is 0.602. The second kappa shape index (κ2) is 5.22. The van der Waals surface area contributed by atoms with Crippen LogP contribution in [0, 0.1) is 6.92 Å². The summed E-state index contributed by atoms with van der Waals surface area (Å²) in [7, 11) is -3.30. The Morgan fingerprint density at radius 2 is 2.00 bits per heavy atom. The van der Waals surface area contributed by atoms with Gasteiger partial charge in [0.2, 0.25) is 0 Å². The largest absolute Gasteiger partial charge is 0.396 e. The van der Waals surface area contributed by atoms with E-state index in [0.717, 1.165) is 6.26 Å². The normalized spacial score (nSPS) is 11.5. The molecule has 0 amide bonds. The first-order valence-corrected chi connectivity index (χ1v) is 8.46. The first kappa shape index (κ1) is 13.9. The summed E-state index contributed by atoms with van der Waals surface area (Å²) in [6.45, 7) is 2.68. The van der Waals surface area contributed by atoms with Crippen molar-refractivity contribution >= 4 is 32.5 Å². The number of hydrogen-bond acceptors (Lipinski definition) is 5. The minimum Gasteiger partial charge on any atom is -0.396 e. The molecule has 0 bridgehead atoms. The molecule has 0 aliphatic carbocycles. The van der Waals surface area contributed by atoms with Crippen molar-refractivity contribution in [2.45, 2.75) is 18.4 Å². The van der Waals surface area contributed by atoms with E-state index in [1.807, 2.05) is 13.0 Å². The van der Waals surface area contributed by atoms with Crippen molar-refractivity contribution in [2.24, 2.45) is 0 Å². The van der Waals surface area contributed by atoms with Crippen molar-refractivity contribution in [1.82, 2.24) is 0 Å². The van der Waals surface area contributed by atoms with E-state index in [1.165, 1.54) is 15.8 Å². The zero-order valence-electron chi connectivity index (χ0n) is 10.8. The molecule has 0 atom stereocenters. The Bertz CT molecular complexity index is 690. The molecule has 2 rings (SSSR count). The van der Waals surface area contributed by atoms with Gasteiger partial charge in [-0.05, 0) is 31.2 Å². The number of rotatable bonds is 4. The molecule has 19 heavy (non-hydrogen) atoms. The van der Waals surface area contributed by atoms with E-state index >= 15 is 0 Å². The van der Waals surface area contributed by atoms with E-state index in [2.05, 4.69) is 11.4 Å². The van der Waals surface area contributed by atoms with Crippen LogP contribution in [0.15, 0.2) is 35.2 Å². The van der Waals surface area contributed by atoms with Gasteiger partial charge in [-0.3, -0.25) is 0 Å². The lowest BCUT2D eigenvalue weighted by Gasteiger charge is -2.11. The van der Waals surface area contributed by atoms with Gasteiger partial charge in [0.15, 0.2) is 9.84 Å². The van der Waals surface area contributed by atoms with Crippen molar-refractivity contribution in [3.63, 3.8) is 0 Å².